The summed E-state index contributed by atoms with van der Waals surface area (Å²) in [5.74, 6) is 0.731. The third-order valence-electron chi connectivity index (χ3n) is 4.47. The Bertz CT molecular complexity index is 718. The van der Waals surface area contributed by atoms with Gasteiger partial charge in [-0.2, -0.15) is 5.10 Å². The molecule has 2 amide bonds. The van der Waals surface area contributed by atoms with E-state index in [1.807, 2.05) is 34.0 Å². The molecule has 24 heavy (non-hydrogen) atoms. The van der Waals surface area contributed by atoms with Crippen molar-refractivity contribution in [3.8, 4) is 0 Å². The van der Waals surface area contributed by atoms with Crippen LogP contribution in [-0.4, -0.2) is 45.6 Å². The minimum Gasteiger partial charge on any atom is -0.367 e. The van der Waals surface area contributed by atoms with E-state index in [0.29, 0.717) is 26.2 Å². The number of ether oxygens (including phenoxy) is 1. The predicted molar refractivity (Wildman–Crippen MR) is 86.3 cm³/mol. The van der Waals surface area contributed by atoms with E-state index in [2.05, 4.69) is 15.6 Å². The smallest absolute Gasteiger partial charge is 0.317 e. The summed E-state index contributed by atoms with van der Waals surface area (Å²) in [5, 5.41) is 11.0. The Hall–Kier alpha value is -2.35. The largest absolute Gasteiger partial charge is 0.367 e. The summed E-state index contributed by atoms with van der Waals surface area (Å²) in [7, 11) is 1.86. The van der Waals surface area contributed by atoms with Crippen molar-refractivity contribution in [3.05, 3.63) is 35.0 Å². The van der Waals surface area contributed by atoms with Gasteiger partial charge in [0.2, 0.25) is 0 Å². The van der Waals surface area contributed by atoms with Crippen molar-refractivity contribution in [2.75, 3.05) is 19.7 Å². The highest BCUT2D eigenvalue weighted by atomic mass is 16.5. The monoisotopic (exact) mass is 333 g/mol. The minimum atomic E-state index is -0.549. The Morgan fingerprint density at radius 2 is 2.25 bits per heavy atom. The number of hydrogen-bond donors (Lipinski definition) is 1. The number of hydrogen-bond acceptors (Lipinski definition) is 5. The molecule has 0 saturated carbocycles. The van der Waals surface area contributed by atoms with E-state index in [1.165, 1.54) is 0 Å². The fraction of sp³-hybridized carbons (Fsp3) is 0.562. The van der Waals surface area contributed by atoms with E-state index in [0.717, 1.165) is 22.6 Å². The first-order valence-electron chi connectivity index (χ1n) is 7.96. The maximum absolute atomic E-state index is 12.5. The summed E-state index contributed by atoms with van der Waals surface area (Å²) in [6.07, 6.45) is 3.70. The topological polar surface area (TPSA) is 85.4 Å². The number of amides is 2. The van der Waals surface area contributed by atoms with Crippen LogP contribution in [0.25, 0.3) is 0 Å². The summed E-state index contributed by atoms with van der Waals surface area (Å²) >= 11 is 0. The number of morpholine rings is 1. The molecule has 0 aliphatic carbocycles. The van der Waals surface area contributed by atoms with Gasteiger partial charge in [-0.05, 0) is 20.8 Å². The number of nitrogens with zero attached hydrogens (tertiary/aromatic N) is 4. The minimum absolute atomic E-state index is 0.117. The average Bonchev–Trinajstić information content (AvgIpc) is 3.12. The van der Waals surface area contributed by atoms with E-state index >= 15 is 0 Å². The molecule has 8 heteroatoms. The molecule has 1 fully saturated rings. The SMILES string of the molecule is Cc1noc(C)c1CNC(=O)N1CCO[C@@](C)(c2cnn(C)c2)C1. The van der Waals surface area contributed by atoms with E-state index in [-0.39, 0.29) is 6.03 Å². The number of nitrogens with one attached hydrogen (secondary N) is 1. The summed E-state index contributed by atoms with van der Waals surface area (Å²) in [6.45, 7) is 7.63. The molecule has 0 radical (unpaired) electrons. The van der Waals surface area contributed by atoms with Gasteiger partial charge in [0, 0.05) is 37.5 Å². The van der Waals surface area contributed by atoms with Crippen LogP contribution in [0.2, 0.25) is 0 Å². The normalized spacial score (nSPS) is 21.1. The maximum Gasteiger partial charge on any atom is 0.317 e. The van der Waals surface area contributed by atoms with Crippen LogP contribution in [0.5, 0.6) is 0 Å². The van der Waals surface area contributed by atoms with Crippen LogP contribution in [0.3, 0.4) is 0 Å². The van der Waals surface area contributed by atoms with Gasteiger partial charge in [0.25, 0.3) is 0 Å². The number of carbonyl (C=O) groups is 1. The number of aryl methyl sites for hydroxylation is 3. The number of aromatic nitrogens is 3. The van der Waals surface area contributed by atoms with Gasteiger partial charge in [-0.15, -0.1) is 0 Å². The molecule has 130 valence electrons. The molecular formula is C16H23N5O3. The number of rotatable bonds is 3. The molecule has 0 bridgehead atoms. The molecule has 0 aromatic carbocycles. The standard InChI is InChI=1S/C16H23N5O3/c1-11-14(12(2)24-19-11)8-17-15(22)21-5-6-23-16(3,10-21)13-7-18-20(4)9-13/h7,9H,5-6,8,10H2,1-4H3,(H,17,22)/t16-/m1/s1. The van der Waals surface area contributed by atoms with Crippen molar-refractivity contribution < 1.29 is 14.1 Å². The van der Waals surface area contributed by atoms with Crippen molar-refractivity contribution in [2.24, 2.45) is 7.05 Å². The van der Waals surface area contributed by atoms with Gasteiger partial charge < -0.3 is 19.5 Å². The molecule has 0 spiro atoms. The van der Waals surface area contributed by atoms with E-state index in [1.54, 1.807) is 15.8 Å². The first kappa shape index (κ1) is 16.5. The quantitative estimate of drug-likeness (QED) is 0.919. The fourth-order valence-corrected chi connectivity index (χ4v) is 2.94. The van der Waals surface area contributed by atoms with Crippen LogP contribution in [0.4, 0.5) is 4.79 Å². The predicted octanol–water partition coefficient (Wildman–Crippen LogP) is 1.48. The third-order valence-corrected chi connectivity index (χ3v) is 4.47. The maximum atomic E-state index is 12.5. The fourth-order valence-electron chi connectivity index (χ4n) is 2.94. The molecule has 1 aliphatic rings. The van der Waals surface area contributed by atoms with Crippen LogP contribution in [-0.2, 0) is 23.9 Å². The molecular weight excluding hydrogens is 310 g/mol. The van der Waals surface area contributed by atoms with Gasteiger partial charge in [-0.1, -0.05) is 5.16 Å². The van der Waals surface area contributed by atoms with Crippen molar-refractivity contribution in [2.45, 2.75) is 32.9 Å². The van der Waals surface area contributed by atoms with Crippen molar-refractivity contribution in [1.29, 1.82) is 0 Å². The molecule has 1 atom stereocenters. The zero-order chi connectivity index (χ0) is 17.3. The van der Waals surface area contributed by atoms with E-state index in [9.17, 15) is 4.79 Å². The highest BCUT2D eigenvalue weighted by Crippen LogP contribution is 2.29. The first-order valence-corrected chi connectivity index (χ1v) is 7.96. The van der Waals surface area contributed by atoms with Crippen LogP contribution in [0.1, 0.15) is 29.5 Å². The third kappa shape index (κ3) is 3.14. The van der Waals surface area contributed by atoms with Crippen LogP contribution < -0.4 is 5.32 Å². The molecule has 2 aromatic heterocycles. The lowest BCUT2D eigenvalue weighted by Crippen LogP contribution is -2.53. The van der Waals surface area contributed by atoms with Crippen LogP contribution >= 0.6 is 0 Å². The molecule has 1 N–H and O–H groups in total. The lowest BCUT2D eigenvalue weighted by molar-refractivity contribution is -0.0907. The lowest BCUT2D eigenvalue weighted by Gasteiger charge is -2.40. The molecule has 8 nitrogen and oxygen atoms in total. The molecule has 3 rings (SSSR count). The van der Waals surface area contributed by atoms with Crippen LogP contribution in [0.15, 0.2) is 16.9 Å². The lowest BCUT2D eigenvalue weighted by atomic mass is 9.97. The summed E-state index contributed by atoms with van der Waals surface area (Å²) < 4.78 is 12.8. The highest BCUT2D eigenvalue weighted by Gasteiger charge is 2.36. The van der Waals surface area contributed by atoms with Gasteiger partial charge in [0.05, 0.1) is 25.0 Å². The number of carbonyl (C=O) groups excluding carboxylic acids is 1. The summed E-state index contributed by atoms with van der Waals surface area (Å²) in [6, 6.07) is -0.117. The van der Waals surface area contributed by atoms with Gasteiger partial charge >= 0.3 is 6.03 Å². The summed E-state index contributed by atoms with van der Waals surface area (Å²) in [5.41, 5.74) is 2.14. The zero-order valence-electron chi connectivity index (χ0n) is 14.5. The van der Waals surface area contributed by atoms with Crippen molar-refractivity contribution >= 4 is 6.03 Å². The average molecular weight is 333 g/mol. The summed E-state index contributed by atoms with van der Waals surface area (Å²) in [4.78, 5) is 14.3. The van der Waals surface area contributed by atoms with Gasteiger partial charge in [-0.3, -0.25) is 4.68 Å². The molecule has 1 aliphatic heterocycles. The molecule has 3 heterocycles. The highest BCUT2D eigenvalue weighted by molar-refractivity contribution is 5.74. The van der Waals surface area contributed by atoms with Crippen molar-refractivity contribution in [3.63, 3.8) is 0 Å². The van der Waals surface area contributed by atoms with Gasteiger partial charge in [-0.25, -0.2) is 4.79 Å². The zero-order valence-corrected chi connectivity index (χ0v) is 14.5. The van der Waals surface area contributed by atoms with Crippen molar-refractivity contribution in [1.82, 2.24) is 25.2 Å². The Morgan fingerprint density at radius 3 is 2.88 bits per heavy atom. The van der Waals surface area contributed by atoms with Crippen LogP contribution in [0, 0.1) is 13.8 Å². The molecule has 1 saturated heterocycles. The molecule has 0 unspecified atom stereocenters. The molecule has 2 aromatic rings. The van der Waals surface area contributed by atoms with Gasteiger partial charge in [0.1, 0.15) is 11.4 Å². The Labute approximate surface area is 140 Å². The van der Waals surface area contributed by atoms with E-state index < -0.39 is 5.60 Å². The Kier molecular flexibility index (Phi) is 4.31. The second kappa shape index (κ2) is 6.27. The second-order valence-corrected chi connectivity index (χ2v) is 6.36. The van der Waals surface area contributed by atoms with E-state index in [4.69, 9.17) is 9.26 Å². The van der Waals surface area contributed by atoms with Gasteiger partial charge in [0.15, 0.2) is 0 Å². The number of urea groups is 1. The Balaban J connectivity index is 1.65. The first-order chi connectivity index (χ1) is 11.4. The Morgan fingerprint density at radius 1 is 1.46 bits per heavy atom. The second-order valence-electron chi connectivity index (χ2n) is 6.36.